The normalized spacial score (nSPS) is 19.1. The van der Waals surface area contributed by atoms with Gasteiger partial charge in [-0.05, 0) is 42.3 Å². The van der Waals surface area contributed by atoms with Gasteiger partial charge in [0.1, 0.15) is 5.75 Å². The molecule has 1 aromatic carbocycles. The van der Waals surface area contributed by atoms with Crippen LogP contribution in [0.4, 0.5) is 0 Å². The quantitative estimate of drug-likeness (QED) is 0.911. The summed E-state index contributed by atoms with van der Waals surface area (Å²) in [6, 6.07) is 4.87. The molecule has 0 aromatic heterocycles. The molecule has 23 heavy (non-hydrogen) atoms. The van der Waals surface area contributed by atoms with E-state index in [-0.39, 0.29) is 16.7 Å². The molecule has 1 atom stereocenters. The summed E-state index contributed by atoms with van der Waals surface area (Å²) < 4.78 is 28.8. The Hall–Kier alpha value is -2.15. The van der Waals surface area contributed by atoms with Crippen molar-refractivity contribution in [2.24, 2.45) is 11.0 Å². The molecule has 1 N–H and O–H groups in total. The zero-order valence-corrected chi connectivity index (χ0v) is 14.4. The first-order chi connectivity index (χ1) is 10.7. The van der Waals surface area contributed by atoms with Gasteiger partial charge in [-0.1, -0.05) is 6.92 Å². The van der Waals surface area contributed by atoms with Gasteiger partial charge in [-0.15, -0.1) is 0 Å². The molecule has 1 heterocycles. The Morgan fingerprint density at radius 2 is 2.09 bits per heavy atom. The third kappa shape index (κ3) is 4.19. The lowest BCUT2D eigenvalue weighted by Gasteiger charge is -2.17. The molecule has 0 aliphatic carbocycles. The zero-order chi connectivity index (χ0) is 17.2. The maximum absolute atomic E-state index is 11.8. The molecule has 0 radical (unpaired) electrons. The standard InChI is InChI=1S/C16H20N2O4S/c1-10(5-15-11(2)6-16(19)18-17-15)12-7-13(22-3)9-14(8-12)23(4,20)21/h5,7-9,11H,6H2,1-4H3,(H,18,19). The second-order valence-corrected chi connectivity index (χ2v) is 7.69. The number of amides is 1. The highest BCUT2D eigenvalue weighted by Gasteiger charge is 2.19. The van der Waals surface area contributed by atoms with Gasteiger partial charge >= 0.3 is 0 Å². The molecule has 1 aliphatic heterocycles. The van der Waals surface area contributed by atoms with Crippen molar-refractivity contribution in [3.05, 3.63) is 29.8 Å². The first kappa shape index (κ1) is 17.2. The van der Waals surface area contributed by atoms with Crippen LogP contribution in [0.1, 0.15) is 25.8 Å². The summed E-state index contributed by atoms with van der Waals surface area (Å²) in [6.45, 7) is 3.79. The number of carbonyl (C=O) groups is 1. The largest absolute Gasteiger partial charge is 0.497 e. The Bertz CT molecular complexity index is 794. The Morgan fingerprint density at radius 1 is 1.39 bits per heavy atom. The molecule has 1 amide bonds. The first-order valence-electron chi connectivity index (χ1n) is 7.15. The van der Waals surface area contributed by atoms with E-state index in [9.17, 15) is 13.2 Å². The molecule has 7 heteroatoms. The van der Waals surface area contributed by atoms with Crippen LogP contribution in [0, 0.1) is 5.92 Å². The molecular formula is C16H20N2O4S. The van der Waals surface area contributed by atoms with Gasteiger partial charge in [-0.3, -0.25) is 4.79 Å². The summed E-state index contributed by atoms with van der Waals surface area (Å²) in [6.07, 6.45) is 3.40. The van der Waals surface area contributed by atoms with Crippen LogP contribution in [0.15, 0.2) is 34.3 Å². The molecule has 6 nitrogen and oxygen atoms in total. The minimum absolute atomic E-state index is 0.0127. The number of nitrogens with zero attached hydrogens (tertiary/aromatic N) is 1. The van der Waals surface area contributed by atoms with E-state index in [1.165, 1.54) is 13.2 Å². The van der Waals surface area contributed by atoms with Crippen LogP contribution in [-0.4, -0.2) is 33.4 Å². The van der Waals surface area contributed by atoms with Crippen LogP contribution in [0.2, 0.25) is 0 Å². The lowest BCUT2D eigenvalue weighted by atomic mass is 9.96. The second kappa shape index (κ2) is 6.54. The van der Waals surface area contributed by atoms with Crippen LogP contribution in [-0.2, 0) is 14.6 Å². The number of ether oxygens (including phenoxy) is 1. The van der Waals surface area contributed by atoms with Crippen LogP contribution in [0.25, 0.3) is 5.57 Å². The number of allylic oxidation sites excluding steroid dienone is 2. The monoisotopic (exact) mass is 336 g/mol. The predicted octanol–water partition coefficient (Wildman–Crippen LogP) is 2.01. The summed E-state index contributed by atoms with van der Waals surface area (Å²) in [5.74, 6) is 0.384. The molecule has 0 fully saturated rings. The summed E-state index contributed by atoms with van der Waals surface area (Å²) in [5.41, 5.74) is 4.79. The van der Waals surface area contributed by atoms with Gasteiger partial charge in [0.05, 0.1) is 17.7 Å². The maximum Gasteiger partial charge on any atom is 0.240 e. The van der Waals surface area contributed by atoms with Crippen molar-refractivity contribution in [1.29, 1.82) is 0 Å². The lowest BCUT2D eigenvalue weighted by Crippen LogP contribution is -2.30. The molecule has 1 unspecified atom stereocenters. The Kier molecular flexibility index (Phi) is 4.89. The van der Waals surface area contributed by atoms with Crippen molar-refractivity contribution < 1.29 is 17.9 Å². The minimum Gasteiger partial charge on any atom is -0.497 e. The van der Waals surface area contributed by atoms with E-state index in [4.69, 9.17) is 4.74 Å². The number of nitrogens with one attached hydrogen (secondary N) is 1. The number of benzene rings is 1. The van der Waals surface area contributed by atoms with Crippen LogP contribution < -0.4 is 10.2 Å². The van der Waals surface area contributed by atoms with E-state index in [0.29, 0.717) is 12.2 Å². The van der Waals surface area contributed by atoms with E-state index in [0.717, 1.165) is 23.1 Å². The smallest absolute Gasteiger partial charge is 0.240 e. The third-order valence-corrected chi connectivity index (χ3v) is 4.76. The van der Waals surface area contributed by atoms with Crippen molar-refractivity contribution in [3.63, 3.8) is 0 Å². The highest BCUT2D eigenvalue weighted by Crippen LogP contribution is 2.26. The molecule has 1 aromatic rings. The molecule has 1 aliphatic rings. The molecule has 2 rings (SSSR count). The summed E-state index contributed by atoms with van der Waals surface area (Å²) in [7, 11) is -1.84. The van der Waals surface area contributed by atoms with E-state index in [1.807, 2.05) is 19.9 Å². The topological polar surface area (TPSA) is 84.8 Å². The van der Waals surface area contributed by atoms with E-state index in [2.05, 4.69) is 10.5 Å². The minimum atomic E-state index is -3.34. The zero-order valence-electron chi connectivity index (χ0n) is 13.6. The molecule has 0 saturated heterocycles. The summed E-state index contributed by atoms with van der Waals surface area (Å²) >= 11 is 0. The second-order valence-electron chi connectivity index (χ2n) is 5.67. The van der Waals surface area contributed by atoms with Gasteiger partial charge < -0.3 is 4.74 Å². The number of hydrogen-bond donors (Lipinski definition) is 1. The Morgan fingerprint density at radius 3 is 2.65 bits per heavy atom. The van der Waals surface area contributed by atoms with Crippen molar-refractivity contribution in [2.75, 3.05) is 13.4 Å². The first-order valence-corrected chi connectivity index (χ1v) is 9.04. The third-order valence-electron chi connectivity index (χ3n) is 3.67. The van der Waals surface area contributed by atoms with Crippen molar-refractivity contribution >= 4 is 27.0 Å². The number of hydrazone groups is 1. The average molecular weight is 336 g/mol. The summed E-state index contributed by atoms with van der Waals surface area (Å²) in [5, 5.41) is 4.06. The van der Waals surface area contributed by atoms with Crippen molar-refractivity contribution in [2.45, 2.75) is 25.2 Å². The number of sulfone groups is 1. The fourth-order valence-electron chi connectivity index (χ4n) is 2.28. The van der Waals surface area contributed by atoms with Crippen LogP contribution >= 0.6 is 0 Å². The Labute approximate surface area is 136 Å². The predicted molar refractivity (Wildman–Crippen MR) is 89.1 cm³/mol. The van der Waals surface area contributed by atoms with E-state index < -0.39 is 9.84 Å². The van der Waals surface area contributed by atoms with Gasteiger partial charge in [0.25, 0.3) is 0 Å². The maximum atomic E-state index is 11.8. The summed E-state index contributed by atoms with van der Waals surface area (Å²) in [4.78, 5) is 11.5. The van der Waals surface area contributed by atoms with Gasteiger partial charge in [0.15, 0.2) is 9.84 Å². The Balaban J connectivity index is 2.44. The average Bonchev–Trinajstić information content (AvgIpc) is 2.48. The highest BCUT2D eigenvalue weighted by molar-refractivity contribution is 7.90. The fraction of sp³-hybridized carbons (Fsp3) is 0.375. The van der Waals surface area contributed by atoms with Crippen LogP contribution in [0.5, 0.6) is 5.75 Å². The fourth-order valence-corrected chi connectivity index (χ4v) is 2.95. The molecule has 0 spiro atoms. The molecule has 0 saturated carbocycles. The highest BCUT2D eigenvalue weighted by atomic mass is 32.2. The van der Waals surface area contributed by atoms with Crippen molar-refractivity contribution in [3.8, 4) is 5.75 Å². The number of hydrogen-bond acceptors (Lipinski definition) is 5. The van der Waals surface area contributed by atoms with Gasteiger partial charge in [0.2, 0.25) is 5.91 Å². The van der Waals surface area contributed by atoms with Crippen LogP contribution in [0.3, 0.4) is 0 Å². The van der Waals surface area contributed by atoms with Gasteiger partial charge in [-0.25, -0.2) is 13.8 Å². The number of carbonyl (C=O) groups excluding carboxylic acids is 1. The van der Waals surface area contributed by atoms with Crippen molar-refractivity contribution in [1.82, 2.24) is 5.43 Å². The molecular weight excluding hydrogens is 316 g/mol. The molecule has 0 bridgehead atoms. The van der Waals surface area contributed by atoms with Gasteiger partial charge in [-0.2, -0.15) is 5.10 Å². The SMILES string of the molecule is COc1cc(C(C)=CC2=NNC(=O)CC2C)cc(S(C)(=O)=O)c1. The number of rotatable bonds is 4. The van der Waals surface area contributed by atoms with E-state index in [1.54, 1.807) is 12.1 Å². The van der Waals surface area contributed by atoms with Gasteiger partial charge in [0, 0.05) is 18.6 Å². The molecule has 124 valence electrons. The number of methoxy groups -OCH3 is 1. The lowest BCUT2D eigenvalue weighted by molar-refractivity contribution is -0.121. The van der Waals surface area contributed by atoms with E-state index >= 15 is 0 Å².